The quantitative estimate of drug-likeness (QED) is 0.451. The number of carbonyl (C=O) groups excluding carboxylic acids is 2. The number of H-pyrrole nitrogens is 1. The number of hydrogen-bond donors (Lipinski definition) is 2. The number of allylic oxidation sites excluding steroid dienone is 4. The van der Waals surface area contributed by atoms with Crippen molar-refractivity contribution in [3.8, 4) is 0 Å². The lowest BCUT2D eigenvalue weighted by Crippen LogP contribution is -2.46. The van der Waals surface area contributed by atoms with Crippen LogP contribution in [0.15, 0.2) is 59.8 Å². The van der Waals surface area contributed by atoms with Crippen LogP contribution in [0.4, 0.5) is 4.39 Å². The van der Waals surface area contributed by atoms with Gasteiger partial charge in [0.15, 0.2) is 0 Å². The number of aryl methyl sites for hydroxylation is 1. The van der Waals surface area contributed by atoms with Gasteiger partial charge >= 0.3 is 0 Å². The summed E-state index contributed by atoms with van der Waals surface area (Å²) < 4.78 is 14.6. The van der Waals surface area contributed by atoms with Crippen molar-refractivity contribution in [3.63, 3.8) is 0 Å². The van der Waals surface area contributed by atoms with Crippen LogP contribution in [0.3, 0.4) is 0 Å². The van der Waals surface area contributed by atoms with Crippen molar-refractivity contribution in [2.75, 3.05) is 26.2 Å². The molecular weight excluding hydrogens is 515 g/mol. The summed E-state index contributed by atoms with van der Waals surface area (Å²) >= 11 is 0. The van der Waals surface area contributed by atoms with E-state index in [1.807, 2.05) is 68.2 Å². The molecule has 41 heavy (non-hydrogen) atoms. The number of likely N-dealkylation sites (tertiary alicyclic amines) is 2. The van der Waals surface area contributed by atoms with Crippen molar-refractivity contribution in [2.24, 2.45) is 5.92 Å². The highest BCUT2D eigenvalue weighted by atomic mass is 19.1. The number of halogens is 1. The number of hydrogen-bond acceptors (Lipinski definition) is 3. The number of aromatic amines is 1. The first-order valence-electron chi connectivity index (χ1n) is 15.3. The molecule has 1 aromatic carbocycles. The summed E-state index contributed by atoms with van der Waals surface area (Å²) in [7, 11) is 0. The van der Waals surface area contributed by atoms with Gasteiger partial charge in [-0.25, -0.2) is 4.39 Å². The lowest BCUT2D eigenvalue weighted by Gasteiger charge is -2.36. The molecule has 2 aromatic rings. The number of benzene rings is 1. The summed E-state index contributed by atoms with van der Waals surface area (Å²) in [5, 5.41) is 3.01. The average Bonchev–Trinajstić information content (AvgIpc) is 3.67. The number of piperidine rings is 1. The van der Waals surface area contributed by atoms with Gasteiger partial charge in [0.25, 0.3) is 5.91 Å². The van der Waals surface area contributed by atoms with Gasteiger partial charge in [0, 0.05) is 53.6 Å². The topological polar surface area (TPSA) is 68.4 Å². The highest BCUT2D eigenvalue weighted by Crippen LogP contribution is 2.39. The van der Waals surface area contributed by atoms with Crippen LogP contribution in [-0.2, 0) is 16.0 Å². The van der Waals surface area contributed by atoms with Gasteiger partial charge in [0.1, 0.15) is 5.82 Å². The summed E-state index contributed by atoms with van der Waals surface area (Å²) in [6.07, 6.45) is 13.3. The Hall–Kier alpha value is -3.45. The molecule has 2 atom stereocenters. The number of nitrogens with one attached hydrogen (secondary N) is 2. The molecule has 0 spiro atoms. The Morgan fingerprint density at radius 2 is 1.83 bits per heavy atom. The fourth-order valence-corrected chi connectivity index (χ4v) is 6.79. The molecule has 2 amide bonds. The predicted molar refractivity (Wildman–Crippen MR) is 162 cm³/mol. The third-order valence-electron chi connectivity index (χ3n) is 8.87. The molecular formula is C34H43FN4O2. The summed E-state index contributed by atoms with van der Waals surface area (Å²) in [4.78, 5) is 34.4. The monoisotopic (exact) mass is 558 g/mol. The second-order valence-corrected chi connectivity index (χ2v) is 11.4. The first kappa shape index (κ1) is 29.1. The van der Waals surface area contributed by atoms with E-state index in [0.717, 1.165) is 48.6 Å². The minimum atomic E-state index is -0.233. The first-order chi connectivity index (χ1) is 20.0. The molecule has 0 saturated carbocycles. The second kappa shape index (κ2) is 13.0. The molecule has 2 N–H and O–H groups in total. The lowest BCUT2D eigenvalue weighted by molar-refractivity contribution is -0.132. The molecule has 0 bridgehead atoms. The van der Waals surface area contributed by atoms with Crippen molar-refractivity contribution in [1.29, 1.82) is 0 Å². The zero-order valence-electron chi connectivity index (χ0n) is 24.6. The van der Waals surface area contributed by atoms with Gasteiger partial charge in [-0.05, 0) is 87.5 Å². The van der Waals surface area contributed by atoms with Crippen LogP contribution in [0.5, 0.6) is 0 Å². The maximum atomic E-state index is 14.6. The molecule has 6 rings (SSSR count). The molecule has 1 aromatic heterocycles. The van der Waals surface area contributed by atoms with E-state index in [9.17, 15) is 14.0 Å². The molecule has 1 aliphatic carbocycles. The Labute approximate surface area is 243 Å². The van der Waals surface area contributed by atoms with E-state index in [1.54, 1.807) is 6.07 Å². The fraction of sp³-hybridized carbons (Fsp3) is 0.471. The first-order valence-corrected chi connectivity index (χ1v) is 15.3. The number of rotatable bonds is 5. The third kappa shape index (κ3) is 6.40. The van der Waals surface area contributed by atoms with Crippen LogP contribution in [-0.4, -0.2) is 58.8 Å². The molecule has 7 heteroatoms. The Balaban J connectivity index is 0.00000165. The normalized spacial score (nSPS) is 24.0. The lowest BCUT2D eigenvalue weighted by atomic mass is 9.85. The van der Waals surface area contributed by atoms with Gasteiger partial charge in [-0.1, -0.05) is 44.2 Å². The second-order valence-electron chi connectivity index (χ2n) is 11.4. The highest BCUT2D eigenvalue weighted by molar-refractivity contribution is 6.03. The van der Waals surface area contributed by atoms with E-state index in [-0.39, 0.29) is 29.5 Å². The smallest absolute Gasteiger partial charge is 0.252 e. The van der Waals surface area contributed by atoms with Crippen molar-refractivity contribution < 1.29 is 14.0 Å². The zero-order chi connectivity index (χ0) is 28.9. The summed E-state index contributed by atoms with van der Waals surface area (Å²) in [5.74, 6) is -0.542. The maximum Gasteiger partial charge on any atom is 0.252 e. The predicted octanol–water partition coefficient (Wildman–Crippen LogP) is 5.87. The molecule has 218 valence electrons. The van der Waals surface area contributed by atoms with Crippen LogP contribution in [0, 0.1) is 18.7 Å². The van der Waals surface area contributed by atoms with Gasteiger partial charge in [-0.15, -0.1) is 0 Å². The Morgan fingerprint density at radius 3 is 2.56 bits per heavy atom. The van der Waals surface area contributed by atoms with E-state index in [1.165, 1.54) is 32.0 Å². The zero-order valence-corrected chi connectivity index (χ0v) is 24.6. The van der Waals surface area contributed by atoms with E-state index >= 15 is 0 Å². The van der Waals surface area contributed by atoms with Crippen LogP contribution in [0.2, 0.25) is 0 Å². The molecule has 0 radical (unpaired) electrons. The van der Waals surface area contributed by atoms with Crippen molar-refractivity contribution in [3.05, 3.63) is 88.2 Å². The van der Waals surface area contributed by atoms with E-state index in [0.29, 0.717) is 30.0 Å². The van der Waals surface area contributed by atoms with Gasteiger partial charge in [0.05, 0.1) is 6.42 Å². The Bertz CT molecular complexity index is 1340. The number of nitrogens with zero attached hydrogens (tertiary/aromatic N) is 2. The molecule has 6 nitrogen and oxygen atoms in total. The molecule has 4 aliphatic rings. The van der Waals surface area contributed by atoms with Gasteiger partial charge < -0.3 is 20.1 Å². The van der Waals surface area contributed by atoms with Crippen molar-refractivity contribution >= 4 is 17.9 Å². The number of aromatic nitrogens is 1. The summed E-state index contributed by atoms with van der Waals surface area (Å²) in [6.45, 7) is 9.98. The molecule has 2 unspecified atom stereocenters. The van der Waals surface area contributed by atoms with Crippen LogP contribution in [0.25, 0.3) is 6.08 Å². The SMILES string of the molecule is CC.Cc1cc(CC(=O)N2CCC(N3CCCC3)CC2)c(/C=C2\C(=O)NC3=CC=CC(c4ccccc4F)CC32)[nH]1. The van der Waals surface area contributed by atoms with Crippen LogP contribution >= 0.6 is 0 Å². The highest BCUT2D eigenvalue weighted by Gasteiger charge is 2.36. The summed E-state index contributed by atoms with van der Waals surface area (Å²) in [6, 6.07) is 9.46. The number of fused-ring (bicyclic) bond motifs is 1. The standard InChI is InChI=1S/C32H37FN4O2.C2H6/c1-21-17-23(19-31(38)37-15-11-24(12-16-37)36-13-4-5-14-36)30(34-21)20-27-26-18-22(25-8-2-3-9-28(25)33)7-6-10-29(26)35-32(27)39;1-2/h2-3,6-10,17,20,22,24,26,34H,4-5,11-16,18-19H2,1H3,(H,35,39);1-2H3/b27-20-;. The van der Waals surface area contributed by atoms with E-state index < -0.39 is 0 Å². The molecule has 3 aliphatic heterocycles. The Morgan fingerprint density at radius 1 is 1.10 bits per heavy atom. The minimum absolute atomic E-state index is 0.137. The molecule has 4 heterocycles. The average molecular weight is 559 g/mol. The van der Waals surface area contributed by atoms with Gasteiger partial charge in [-0.3, -0.25) is 9.59 Å². The molecule has 3 fully saturated rings. The van der Waals surface area contributed by atoms with Crippen LogP contribution in [0.1, 0.15) is 74.4 Å². The largest absolute Gasteiger partial charge is 0.359 e. The van der Waals surface area contributed by atoms with Crippen molar-refractivity contribution in [1.82, 2.24) is 20.1 Å². The maximum absolute atomic E-state index is 14.6. The third-order valence-corrected chi connectivity index (χ3v) is 8.87. The minimum Gasteiger partial charge on any atom is -0.359 e. The van der Waals surface area contributed by atoms with E-state index in [4.69, 9.17) is 0 Å². The Kier molecular flexibility index (Phi) is 9.23. The fourth-order valence-electron chi connectivity index (χ4n) is 6.79. The van der Waals surface area contributed by atoms with Crippen molar-refractivity contribution in [2.45, 2.75) is 71.3 Å². The van der Waals surface area contributed by atoms with Gasteiger partial charge in [-0.2, -0.15) is 0 Å². The van der Waals surface area contributed by atoms with E-state index in [2.05, 4.69) is 15.2 Å². The van der Waals surface area contributed by atoms with Gasteiger partial charge in [0.2, 0.25) is 5.91 Å². The number of amides is 2. The van der Waals surface area contributed by atoms with Crippen LogP contribution < -0.4 is 5.32 Å². The molecule has 3 saturated heterocycles. The number of carbonyl (C=O) groups is 2. The summed E-state index contributed by atoms with van der Waals surface area (Å²) in [5.41, 5.74) is 4.79.